The van der Waals surface area contributed by atoms with Gasteiger partial charge in [0.15, 0.2) is 15.6 Å². The Morgan fingerprint density at radius 2 is 1.79 bits per heavy atom. The fourth-order valence-electron chi connectivity index (χ4n) is 1.74. The number of nitro groups is 1. The summed E-state index contributed by atoms with van der Waals surface area (Å²) in [5.74, 6) is -0.622. The van der Waals surface area contributed by atoms with Gasteiger partial charge < -0.3 is 0 Å². The molecule has 0 spiro atoms. The molecule has 0 fully saturated rings. The van der Waals surface area contributed by atoms with Crippen LogP contribution in [0.5, 0.6) is 0 Å². The zero-order chi connectivity index (χ0) is 14.6. The van der Waals surface area contributed by atoms with Crippen molar-refractivity contribution in [3.05, 3.63) is 39.9 Å². The average molecular weight is 285 g/mol. The highest BCUT2D eigenvalue weighted by Crippen LogP contribution is 2.17. The van der Waals surface area contributed by atoms with Crippen LogP contribution in [0, 0.1) is 10.1 Å². The van der Waals surface area contributed by atoms with Crippen molar-refractivity contribution in [3.8, 4) is 0 Å². The fourth-order valence-corrected chi connectivity index (χ4v) is 3.11. The molecule has 1 aromatic rings. The van der Waals surface area contributed by atoms with E-state index in [1.54, 1.807) is 6.92 Å². The molecular formula is C12H15NO5S. The fraction of sp³-hybridized carbons (Fsp3) is 0.417. The minimum Gasteiger partial charge on any atom is -0.293 e. The first kappa shape index (κ1) is 15.3. The molecule has 0 amide bonds. The van der Waals surface area contributed by atoms with Gasteiger partial charge in [0.25, 0.3) is 5.69 Å². The second-order valence-electron chi connectivity index (χ2n) is 4.02. The normalized spacial score (nSPS) is 12.9. The van der Waals surface area contributed by atoms with Gasteiger partial charge in [0, 0.05) is 23.4 Å². The molecule has 0 aliphatic rings. The number of carbonyl (C=O) groups excluding carboxylic acids is 1. The molecule has 0 radical (unpaired) electrons. The predicted octanol–water partition coefficient (Wildman–Crippen LogP) is 1.99. The first-order valence-electron chi connectivity index (χ1n) is 5.83. The zero-order valence-electron chi connectivity index (χ0n) is 10.7. The van der Waals surface area contributed by atoms with Gasteiger partial charge in [-0.05, 0) is 18.6 Å². The molecular weight excluding hydrogens is 270 g/mol. The van der Waals surface area contributed by atoms with Crippen LogP contribution in [0.3, 0.4) is 0 Å². The minimum atomic E-state index is -3.47. The summed E-state index contributed by atoms with van der Waals surface area (Å²) in [5, 5.41) is 9.42. The SMILES string of the molecule is CC[C@H](C(=O)c1ccc([N+](=O)[O-])cc1)S(=O)(=O)CC. The van der Waals surface area contributed by atoms with Gasteiger partial charge in [0.1, 0.15) is 5.25 Å². The van der Waals surface area contributed by atoms with Crippen LogP contribution in [0.15, 0.2) is 24.3 Å². The lowest BCUT2D eigenvalue weighted by Gasteiger charge is -2.13. The molecule has 0 saturated carbocycles. The number of sulfone groups is 1. The van der Waals surface area contributed by atoms with Crippen molar-refractivity contribution in [2.45, 2.75) is 25.5 Å². The molecule has 6 nitrogen and oxygen atoms in total. The lowest BCUT2D eigenvalue weighted by molar-refractivity contribution is -0.384. The van der Waals surface area contributed by atoms with Crippen LogP contribution in [-0.4, -0.2) is 30.1 Å². The Morgan fingerprint density at radius 3 is 2.16 bits per heavy atom. The van der Waals surface area contributed by atoms with Gasteiger partial charge in [-0.2, -0.15) is 0 Å². The second kappa shape index (κ2) is 5.92. The standard InChI is InChI=1S/C12H15NO5S/c1-3-11(19(17,18)4-2)12(14)9-5-7-10(8-6-9)13(15)16/h5-8,11H,3-4H2,1-2H3/t11-/m1/s1. The second-order valence-corrected chi connectivity index (χ2v) is 6.49. The number of ketones is 1. The van der Waals surface area contributed by atoms with E-state index >= 15 is 0 Å². The summed E-state index contributed by atoms with van der Waals surface area (Å²) in [7, 11) is -3.47. The number of nitro benzene ring substituents is 1. The van der Waals surface area contributed by atoms with Crippen LogP contribution in [0.2, 0.25) is 0 Å². The van der Waals surface area contributed by atoms with E-state index in [1.165, 1.54) is 31.2 Å². The Labute approximate surface area is 111 Å². The van der Waals surface area contributed by atoms with E-state index in [0.717, 1.165) is 0 Å². The number of nitrogens with zero attached hydrogens (tertiary/aromatic N) is 1. The molecule has 104 valence electrons. The smallest absolute Gasteiger partial charge is 0.269 e. The molecule has 0 N–H and O–H groups in total. The summed E-state index contributed by atoms with van der Waals surface area (Å²) < 4.78 is 23.6. The van der Waals surface area contributed by atoms with Gasteiger partial charge in [-0.3, -0.25) is 14.9 Å². The number of carbonyl (C=O) groups is 1. The maximum atomic E-state index is 12.1. The Kier molecular flexibility index (Phi) is 4.77. The van der Waals surface area contributed by atoms with E-state index in [0.29, 0.717) is 0 Å². The molecule has 1 rings (SSSR count). The monoisotopic (exact) mass is 285 g/mol. The van der Waals surface area contributed by atoms with Gasteiger partial charge >= 0.3 is 0 Å². The average Bonchev–Trinajstić information content (AvgIpc) is 2.39. The first-order chi connectivity index (χ1) is 8.83. The third-order valence-electron chi connectivity index (χ3n) is 2.86. The summed E-state index contributed by atoms with van der Waals surface area (Å²) in [6, 6.07) is 4.96. The van der Waals surface area contributed by atoms with Gasteiger partial charge in [0.2, 0.25) is 0 Å². The Bertz CT molecular complexity index is 577. The molecule has 1 aromatic carbocycles. The third kappa shape index (κ3) is 3.37. The summed E-state index contributed by atoms with van der Waals surface area (Å²) in [6.07, 6.45) is 0.187. The van der Waals surface area contributed by atoms with E-state index in [9.17, 15) is 23.3 Å². The molecule has 0 aromatic heterocycles. The van der Waals surface area contributed by atoms with E-state index in [2.05, 4.69) is 0 Å². The van der Waals surface area contributed by atoms with Crippen molar-refractivity contribution in [1.29, 1.82) is 0 Å². The van der Waals surface area contributed by atoms with Gasteiger partial charge in [-0.15, -0.1) is 0 Å². The van der Waals surface area contributed by atoms with E-state index in [1.807, 2.05) is 0 Å². The van der Waals surface area contributed by atoms with E-state index in [4.69, 9.17) is 0 Å². The van der Waals surface area contributed by atoms with Gasteiger partial charge in [0.05, 0.1) is 4.92 Å². The number of non-ortho nitro benzene ring substituents is 1. The van der Waals surface area contributed by atoms with Crippen LogP contribution in [-0.2, 0) is 9.84 Å². The predicted molar refractivity (Wildman–Crippen MR) is 71.0 cm³/mol. The molecule has 0 heterocycles. The molecule has 7 heteroatoms. The molecule has 0 saturated heterocycles. The van der Waals surface area contributed by atoms with Crippen molar-refractivity contribution >= 4 is 21.3 Å². The number of rotatable bonds is 6. The Hall–Kier alpha value is -1.76. The van der Waals surface area contributed by atoms with Crippen LogP contribution < -0.4 is 0 Å². The van der Waals surface area contributed by atoms with E-state index in [-0.39, 0.29) is 23.4 Å². The van der Waals surface area contributed by atoms with Crippen LogP contribution in [0.1, 0.15) is 30.6 Å². The molecule has 0 aliphatic carbocycles. The van der Waals surface area contributed by atoms with Crippen molar-refractivity contribution < 1.29 is 18.1 Å². The highest BCUT2D eigenvalue weighted by Gasteiger charge is 2.30. The molecule has 0 aliphatic heterocycles. The van der Waals surface area contributed by atoms with E-state index < -0.39 is 25.8 Å². The van der Waals surface area contributed by atoms with Crippen molar-refractivity contribution in [1.82, 2.24) is 0 Å². The largest absolute Gasteiger partial charge is 0.293 e. The number of hydrogen-bond donors (Lipinski definition) is 0. The molecule has 0 bridgehead atoms. The topological polar surface area (TPSA) is 94.3 Å². The Balaban J connectivity index is 3.08. The zero-order valence-corrected chi connectivity index (χ0v) is 11.5. The summed E-state index contributed by atoms with van der Waals surface area (Å²) in [4.78, 5) is 22.0. The highest BCUT2D eigenvalue weighted by atomic mass is 32.2. The maximum Gasteiger partial charge on any atom is 0.269 e. The summed E-state index contributed by atoms with van der Waals surface area (Å²) >= 11 is 0. The number of benzene rings is 1. The molecule has 19 heavy (non-hydrogen) atoms. The minimum absolute atomic E-state index is 0.107. The number of Topliss-reactive ketones (excluding diaryl/α,β-unsaturated/α-hetero) is 1. The van der Waals surface area contributed by atoms with Crippen molar-refractivity contribution in [3.63, 3.8) is 0 Å². The summed E-state index contributed by atoms with van der Waals surface area (Å²) in [6.45, 7) is 3.11. The van der Waals surface area contributed by atoms with Crippen LogP contribution in [0.25, 0.3) is 0 Å². The van der Waals surface area contributed by atoms with Crippen molar-refractivity contribution in [2.75, 3.05) is 5.75 Å². The number of hydrogen-bond acceptors (Lipinski definition) is 5. The Morgan fingerprint density at radius 1 is 1.26 bits per heavy atom. The van der Waals surface area contributed by atoms with Crippen LogP contribution in [0.4, 0.5) is 5.69 Å². The molecule has 0 unspecified atom stereocenters. The van der Waals surface area contributed by atoms with Gasteiger partial charge in [-0.25, -0.2) is 8.42 Å². The lowest BCUT2D eigenvalue weighted by atomic mass is 10.1. The quantitative estimate of drug-likeness (QED) is 0.452. The lowest BCUT2D eigenvalue weighted by Crippen LogP contribution is -2.31. The highest BCUT2D eigenvalue weighted by molar-refractivity contribution is 7.92. The maximum absolute atomic E-state index is 12.1. The van der Waals surface area contributed by atoms with Crippen LogP contribution >= 0.6 is 0 Å². The van der Waals surface area contributed by atoms with Gasteiger partial charge in [-0.1, -0.05) is 13.8 Å². The summed E-state index contributed by atoms with van der Waals surface area (Å²) in [5.41, 5.74) is 0.0393. The first-order valence-corrected chi connectivity index (χ1v) is 7.55. The van der Waals surface area contributed by atoms with Crippen molar-refractivity contribution in [2.24, 2.45) is 0 Å². The molecule has 1 atom stereocenters. The third-order valence-corrected chi connectivity index (χ3v) is 5.08.